The molecule has 1 aliphatic heterocycles. The number of anilines is 1. The van der Waals surface area contributed by atoms with Gasteiger partial charge in [-0.25, -0.2) is 14.5 Å². The molecule has 0 aliphatic carbocycles. The summed E-state index contributed by atoms with van der Waals surface area (Å²) in [5.74, 6) is 0.670. The number of aromatic nitrogens is 3. The van der Waals surface area contributed by atoms with Crippen molar-refractivity contribution in [3.05, 3.63) is 54.9 Å². The van der Waals surface area contributed by atoms with Crippen molar-refractivity contribution in [3.8, 4) is 22.8 Å². The minimum absolute atomic E-state index is 0.0497. The van der Waals surface area contributed by atoms with Crippen LogP contribution in [0.3, 0.4) is 0 Å². The average Bonchev–Trinajstić information content (AvgIpc) is 3.43. The van der Waals surface area contributed by atoms with E-state index in [1.807, 2.05) is 6.92 Å². The normalized spacial score (nSPS) is 21.3. The quantitative estimate of drug-likeness (QED) is 0.393. The third kappa shape index (κ3) is 6.11. The Bertz CT molecular complexity index is 1170. The molecule has 12 heteroatoms. The van der Waals surface area contributed by atoms with Gasteiger partial charge in [-0.1, -0.05) is 0 Å². The first kappa shape index (κ1) is 27.5. The van der Waals surface area contributed by atoms with Crippen LogP contribution in [0.25, 0.3) is 17.1 Å². The minimum atomic E-state index is -0.998. The maximum Gasteiger partial charge on any atom is 0.418 e. The van der Waals surface area contributed by atoms with Crippen molar-refractivity contribution in [2.75, 3.05) is 46.2 Å². The number of ether oxygens (including phenoxy) is 6. The second-order valence-electron chi connectivity index (χ2n) is 8.40. The molecule has 38 heavy (non-hydrogen) atoms. The van der Waals surface area contributed by atoms with Crippen molar-refractivity contribution >= 4 is 11.8 Å². The SMILES string of the molecule is CCO[C@H]1[C@@H](OC)[C@H](OC(=O)N(COC)c2ccc(-c3ncn(-c4ccc(O)cc4)n3)cc2)OC[C@@H]1OC. The summed E-state index contributed by atoms with van der Waals surface area (Å²) in [6, 6.07) is 13.7. The van der Waals surface area contributed by atoms with Crippen molar-refractivity contribution in [1.29, 1.82) is 0 Å². The standard InChI is InChI=1S/C26H32N4O8/c1-5-36-22-21(34-3)14-37-25(23(22)35-4)38-26(32)29(16-33-2)18-8-6-17(7-9-18)24-27-15-30(28-24)19-10-12-20(31)13-11-19/h6-13,15,21-23,25,31H,5,14,16H2,1-4H3/t21-,22+,23+,25-/m0/s1. The van der Waals surface area contributed by atoms with Crippen LogP contribution >= 0.6 is 0 Å². The maximum absolute atomic E-state index is 13.2. The molecule has 2 aromatic carbocycles. The Balaban J connectivity index is 1.47. The third-order valence-corrected chi connectivity index (χ3v) is 6.06. The smallest absolute Gasteiger partial charge is 0.418 e. The highest BCUT2D eigenvalue weighted by Gasteiger charge is 2.44. The van der Waals surface area contributed by atoms with Crippen molar-refractivity contribution in [2.24, 2.45) is 0 Å². The van der Waals surface area contributed by atoms with Gasteiger partial charge in [-0.05, 0) is 55.5 Å². The van der Waals surface area contributed by atoms with Crippen LogP contribution in [0, 0.1) is 0 Å². The summed E-state index contributed by atoms with van der Waals surface area (Å²) >= 11 is 0. The highest BCUT2D eigenvalue weighted by Crippen LogP contribution is 2.26. The molecule has 1 N–H and O–H groups in total. The number of rotatable bonds is 10. The predicted octanol–water partition coefficient (Wildman–Crippen LogP) is 2.98. The van der Waals surface area contributed by atoms with Crippen LogP contribution in [0.2, 0.25) is 0 Å². The lowest BCUT2D eigenvalue weighted by atomic mass is 10.0. The minimum Gasteiger partial charge on any atom is -0.508 e. The lowest BCUT2D eigenvalue weighted by Gasteiger charge is -2.40. The monoisotopic (exact) mass is 528 g/mol. The number of amides is 1. The predicted molar refractivity (Wildman–Crippen MR) is 136 cm³/mol. The number of carbonyl (C=O) groups is 1. The highest BCUT2D eigenvalue weighted by atomic mass is 16.7. The molecule has 0 saturated carbocycles. The van der Waals surface area contributed by atoms with Crippen LogP contribution in [-0.2, 0) is 28.4 Å². The lowest BCUT2D eigenvalue weighted by Crippen LogP contribution is -2.57. The molecule has 204 valence electrons. The van der Waals surface area contributed by atoms with E-state index in [0.717, 1.165) is 11.3 Å². The van der Waals surface area contributed by atoms with Gasteiger partial charge in [0.2, 0.25) is 6.29 Å². The van der Waals surface area contributed by atoms with E-state index in [2.05, 4.69) is 10.1 Å². The number of methoxy groups -OCH3 is 3. The molecule has 3 aromatic rings. The third-order valence-electron chi connectivity index (χ3n) is 6.06. The van der Waals surface area contributed by atoms with E-state index in [1.165, 1.54) is 19.1 Å². The van der Waals surface area contributed by atoms with Gasteiger partial charge in [-0.15, -0.1) is 5.10 Å². The largest absolute Gasteiger partial charge is 0.508 e. The number of phenolic OH excluding ortho intramolecular Hbond substituents is 1. The molecular weight excluding hydrogens is 496 g/mol. The van der Waals surface area contributed by atoms with Gasteiger partial charge < -0.3 is 33.5 Å². The first-order chi connectivity index (χ1) is 18.5. The van der Waals surface area contributed by atoms with Crippen LogP contribution in [-0.4, -0.2) is 91.8 Å². The van der Waals surface area contributed by atoms with Gasteiger partial charge in [0.1, 0.15) is 37.1 Å². The van der Waals surface area contributed by atoms with E-state index in [0.29, 0.717) is 18.1 Å². The topological polar surface area (TPSA) is 127 Å². The van der Waals surface area contributed by atoms with Gasteiger partial charge in [0.05, 0.1) is 12.3 Å². The molecular formula is C26H32N4O8. The van der Waals surface area contributed by atoms with Gasteiger partial charge in [-0.3, -0.25) is 4.90 Å². The van der Waals surface area contributed by atoms with Crippen LogP contribution in [0.4, 0.5) is 10.5 Å². The number of phenols is 1. The lowest BCUT2D eigenvalue weighted by molar-refractivity contribution is -0.269. The van der Waals surface area contributed by atoms with Crippen molar-refractivity contribution in [3.63, 3.8) is 0 Å². The Kier molecular flexibility index (Phi) is 9.26. The fourth-order valence-electron chi connectivity index (χ4n) is 4.13. The molecule has 4 atom stereocenters. The summed E-state index contributed by atoms with van der Waals surface area (Å²) in [6.45, 7) is 2.44. The fourth-order valence-corrected chi connectivity index (χ4v) is 4.13. The highest BCUT2D eigenvalue weighted by molar-refractivity contribution is 5.87. The van der Waals surface area contributed by atoms with E-state index >= 15 is 0 Å². The first-order valence-electron chi connectivity index (χ1n) is 12.1. The Morgan fingerprint density at radius 3 is 2.45 bits per heavy atom. The molecule has 1 aliphatic rings. The van der Waals surface area contributed by atoms with Gasteiger partial charge in [0.25, 0.3) is 0 Å². The Morgan fingerprint density at radius 2 is 1.82 bits per heavy atom. The molecule has 1 fully saturated rings. The van der Waals surface area contributed by atoms with E-state index in [1.54, 1.807) is 66.6 Å². The Morgan fingerprint density at radius 1 is 1.08 bits per heavy atom. The van der Waals surface area contributed by atoms with E-state index < -0.39 is 24.6 Å². The molecule has 1 aromatic heterocycles. The maximum atomic E-state index is 13.2. The molecule has 2 heterocycles. The Hall–Kier alpha value is -3.55. The summed E-state index contributed by atoms with van der Waals surface area (Å²) in [5, 5.41) is 14.0. The fraction of sp³-hybridized carbons (Fsp3) is 0.423. The van der Waals surface area contributed by atoms with Gasteiger partial charge >= 0.3 is 6.09 Å². The zero-order valence-electron chi connectivity index (χ0n) is 21.7. The number of benzene rings is 2. The summed E-state index contributed by atoms with van der Waals surface area (Å²) in [7, 11) is 4.55. The molecule has 4 rings (SSSR count). The molecule has 0 radical (unpaired) electrons. The molecule has 0 unspecified atom stereocenters. The second-order valence-corrected chi connectivity index (χ2v) is 8.40. The van der Waals surface area contributed by atoms with Crippen molar-refractivity contribution in [2.45, 2.75) is 31.5 Å². The van der Waals surface area contributed by atoms with Gasteiger partial charge in [0, 0.05) is 39.2 Å². The van der Waals surface area contributed by atoms with Crippen molar-refractivity contribution < 1.29 is 38.3 Å². The number of carbonyl (C=O) groups excluding carboxylic acids is 1. The number of hydrogen-bond acceptors (Lipinski definition) is 10. The molecule has 12 nitrogen and oxygen atoms in total. The van der Waals surface area contributed by atoms with Crippen LogP contribution < -0.4 is 4.90 Å². The molecule has 1 amide bonds. The number of aromatic hydroxyl groups is 1. The van der Waals surface area contributed by atoms with Crippen molar-refractivity contribution in [1.82, 2.24) is 14.8 Å². The van der Waals surface area contributed by atoms with Crippen LogP contribution in [0.5, 0.6) is 5.75 Å². The van der Waals surface area contributed by atoms with E-state index in [9.17, 15) is 9.90 Å². The zero-order chi connectivity index (χ0) is 27.1. The zero-order valence-corrected chi connectivity index (χ0v) is 21.7. The van der Waals surface area contributed by atoms with Crippen LogP contribution in [0.1, 0.15) is 6.92 Å². The Labute approximate surface area is 220 Å². The first-order valence-corrected chi connectivity index (χ1v) is 12.1. The molecule has 1 saturated heterocycles. The summed E-state index contributed by atoms with van der Waals surface area (Å²) in [4.78, 5) is 18.9. The summed E-state index contributed by atoms with van der Waals surface area (Å²) in [5.41, 5.74) is 2.05. The van der Waals surface area contributed by atoms with E-state index in [-0.39, 0.29) is 25.2 Å². The van der Waals surface area contributed by atoms with E-state index in [4.69, 9.17) is 28.4 Å². The van der Waals surface area contributed by atoms with Gasteiger partial charge in [0.15, 0.2) is 5.82 Å². The molecule has 0 bridgehead atoms. The summed E-state index contributed by atoms with van der Waals surface area (Å²) < 4.78 is 35.1. The van der Waals surface area contributed by atoms with Gasteiger partial charge in [-0.2, -0.15) is 0 Å². The average molecular weight is 529 g/mol. The van der Waals surface area contributed by atoms with Crippen LogP contribution in [0.15, 0.2) is 54.9 Å². The second kappa shape index (κ2) is 12.8. The molecule has 0 spiro atoms. The summed E-state index contributed by atoms with van der Waals surface area (Å²) in [6.07, 6.45) is -1.59. The number of nitrogens with zero attached hydrogens (tertiary/aromatic N) is 4. The number of hydrogen-bond donors (Lipinski definition) is 1.